The first kappa shape index (κ1) is 38.1. The van der Waals surface area contributed by atoms with Crippen LogP contribution in [0.2, 0.25) is 0 Å². The summed E-state index contributed by atoms with van der Waals surface area (Å²) < 4.78 is 8.25. The van der Waals surface area contributed by atoms with Gasteiger partial charge in [-0.1, -0.05) is 77.6 Å². The first-order valence-corrected chi connectivity index (χ1v) is 11.6. The molecular weight excluding hydrogens is 372 g/mol. The summed E-state index contributed by atoms with van der Waals surface area (Å²) in [5.41, 5.74) is 0. The van der Waals surface area contributed by atoms with Gasteiger partial charge in [-0.2, -0.15) is 27.7 Å². The summed E-state index contributed by atoms with van der Waals surface area (Å²) in [4.78, 5) is 0. The number of hydrogen-bond acceptors (Lipinski definition) is 3. The SMILES string of the molecule is CC(C)O.CCCCCCCCCCCCCCO.C[CH-]C.C[CH-]C.[O]=[Ti+2]. The van der Waals surface area contributed by atoms with Gasteiger partial charge in [-0.05, 0) is 20.3 Å². The van der Waals surface area contributed by atoms with Gasteiger partial charge in [-0.15, -0.1) is 0 Å². The molecule has 0 aromatic carbocycles. The van der Waals surface area contributed by atoms with Crippen molar-refractivity contribution in [2.75, 3.05) is 6.61 Å². The quantitative estimate of drug-likeness (QED) is 0.195. The summed E-state index contributed by atoms with van der Waals surface area (Å²) in [5.74, 6) is 0. The summed E-state index contributed by atoms with van der Waals surface area (Å²) >= 11 is 0.750. The van der Waals surface area contributed by atoms with Crippen molar-refractivity contribution in [3.8, 4) is 0 Å². The molecule has 0 aliphatic heterocycles. The maximum atomic E-state index is 8.61. The second kappa shape index (κ2) is 50.3. The third kappa shape index (κ3) is 102. The molecule has 0 heterocycles. The van der Waals surface area contributed by atoms with Crippen molar-refractivity contribution in [3.05, 3.63) is 12.8 Å². The normalized spacial score (nSPS) is 8.89. The van der Waals surface area contributed by atoms with Crippen LogP contribution in [0.5, 0.6) is 0 Å². The summed E-state index contributed by atoms with van der Waals surface area (Å²) in [6.07, 6.45) is 20.1. The van der Waals surface area contributed by atoms with Crippen LogP contribution < -0.4 is 0 Å². The third-order valence-electron chi connectivity index (χ3n) is 3.01. The number of hydrogen-bond donors (Lipinski definition) is 2. The van der Waals surface area contributed by atoms with E-state index >= 15 is 0 Å². The van der Waals surface area contributed by atoms with Crippen LogP contribution in [0.3, 0.4) is 0 Å². The summed E-state index contributed by atoms with van der Waals surface area (Å²) in [6.45, 7) is 14.1. The minimum atomic E-state index is -0.167. The van der Waals surface area contributed by atoms with Gasteiger partial charge in [0.15, 0.2) is 0 Å². The van der Waals surface area contributed by atoms with Crippen LogP contribution in [0.15, 0.2) is 0 Å². The molecule has 0 unspecified atom stereocenters. The molecule has 0 rings (SSSR count). The van der Waals surface area contributed by atoms with Gasteiger partial charge in [0.2, 0.25) is 0 Å². The van der Waals surface area contributed by atoms with Crippen LogP contribution >= 0.6 is 0 Å². The fourth-order valence-electron chi connectivity index (χ4n) is 1.95. The molecule has 0 aromatic heterocycles. The zero-order chi connectivity index (χ0) is 22.2. The number of unbranched alkanes of at least 4 members (excludes halogenated alkanes) is 11. The van der Waals surface area contributed by atoms with Crippen LogP contribution in [0.4, 0.5) is 0 Å². The fraction of sp³-hybridized carbons (Fsp3) is 0.913. The van der Waals surface area contributed by atoms with Crippen molar-refractivity contribution in [1.29, 1.82) is 0 Å². The first-order valence-electron chi connectivity index (χ1n) is 10.9. The van der Waals surface area contributed by atoms with E-state index in [2.05, 4.69) is 6.92 Å². The van der Waals surface area contributed by atoms with Gasteiger partial charge in [0.1, 0.15) is 0 Å². The van der Waals surface area contributed by atoms with E-state index in [4.69, 9.17) is 13.5 Å². The van der Waals surface area contributed by atoms with Gasteiger partial charge in [-0.3, -0.25) is 0 Å². The monoisotopic (exact) mass is 424 g/mol. The van der Waals surface area contributed by atoms with Gasteiger partial charge in [-0.25, -0.2) is 0 Å². The molecule has 0 radical (unpaired) electrons. The molecule has 0 aromatic rings. The molecule has 0 saturated carbocycles. The van der Waals surface area contributed by atoms with Crippen LogP contribution in [0.1, 0.15) is 126 Å². The predicted octanol–water partition coefficient (Wildman–Crippen LogP) is 7.41. The van der Waals surface area contributed by atoms with E-state index in [1.165, 1.54) is 70.6 Å². The van der Waals surface area contributed by atoms with E-state index in [1.807, 2.05) is 40.5 Å². The zero-order valence-corrected chi connectivity index (χ0v) is 21.3. The van der Waals surface area contributed by atoms with Crippen molar-refractivity contribution in [3.63, 3.8) is 0 Å². The molecule has 0 amide bonds. The van der Waals surface area contributed by atoms with E-state index in [-0.39, 0.29) is 6.10 Å². The van der Waals surface area contributed by atoms with Crippen LogP contribution in [0.25, 0.3) is 0 Å². The topological polar surface area (TPSA) is 57.5 Å². The fourth-order valence-corrected chi connectivity index (χ4v) is 1.95. The van der Waals surface area contributed by atoms with Gasteiger partial charge in [0.25, 0.3) is 0 Å². The molecule has 0 fully saturated rings. The molecule has 0 atom stereocenters. The van der Waals surface area contributed by atoms with Gasteiger partial charge < -0.3 is 23.1 Å². The molecule has 0 bridgehead atoms. The van der Waals surface area contributed by atoms with Crippen LogP contribution in [0, 0.1) is 12.8 Å². The van der Waals surface area contributed by atoms with Crippen molar-refractivity contribution in [2.24, 2.45) is 0 Å². The standard InChI is InChI=1S/C14H30O.C3H8O.2C3H7.O.Ti/c1-2-3-4-5-6-7-8-9-10-11-12-13-14-15;1-3(2)4;2*1-3-2;;/h15H,2-14H2,1H3;3-4H,1-2H3;2*3H,1-2H3;;/q;;2*-1;;+2. The van der Waals surface area contributed by atoms with Gasteiger partial charge in [0, 0.05) is 12.7 Å². The molecule has 166 valence electrons. The Morgan fingerprint density at radius 2 is 0.852 bits per heavy atom. The second-order valence-corrected chi connectivity index (χ2v) is 6.86. The van der Waals surface area contributed by atoms with Gasteiger partial charge in [0.05, 0.1) is 0 Å². The zero-order valence-electron chi connectivity index (χ0n) is 19.7. The Morgan fingerprint density at radius 3 is 1.04 bits per heavy atom. The summed E-state index contributed by atoms with van der Waals surface area (Å²) in [6, 6.07) is 0. The Hall–Kier alpha value is 0.434. The van der Waals surface area contributed by atoms with E-state index in [0.717, 1.165) is 26.8 Å². The molecule has 3 nitrogen and oxygen atoms in total. The van der Waals surface area contributed by atoms with Crippen molar-refractivity contribution in [2.45, 2.75) is 132 Å². The molecule has 0 saturated heterocycles. The van der Waals surface area contributed by atoms with Crippen molar-refractivity contribution >= 4 is 0 Å². The molecule has 4 heteroatoms. The molecule has 0 aliphatic carbocycles. The molecule has 2 N–H and O–H groups in total. The van der Waals surface area contributed by atoms with E-state index in [0.29, 0.717) is 6.61 Å². The van der Waals surface area contributed by atoms with E-state index < -0.39 is 0 Å². The summed E-state index contributed by atoms with van der Waals surface area (Å²) in [5, 5.41) is 16.7. The number of rotatable bonds is 12. The van der Waals surface area contributed by atoms with Crippen molar-refractivity contribution in [1.82, 2.24) is 0 Å². The Kier molecular flexibility index (Phi) is 71.0. The molecule has 27 heavy (non-hydrogen) atoms. The average Bonchev–Trinajstić information content (AvgIpc) is 2.62. The number of aliphatic hydroxyl groups is 2. The maximum absolute atomic E-state index is 8.61. The van der Waals surface area contributed by atoms with E-state index in [9.17, 15) is 0 Å². The minimum absolute atomic E-state index is 0.167. The Morgan fingerprint density at radius 1 is 0.667 bits per heavy atom. The van der Waals surface area contributed by atoms with Crippen LogP contribution in [-0.4, -0.2) is 22.9 Å². The average molecular weight is 425 g/mol. The second-order valence-electron chi connectivity index (χ2n) is 6.86. The van der Waals surface area contributed by atoms with E-state index in [1.54, 1.807) is 13.8 Å². The molecule has 0 aliphatic rings. The third-order valence-corrected chi connectivity index (χ3v) is 3.01. The summed E-state index contributed by atoms with van der Waals surface area (Å²) in [7, 11) is 0. The first-order chi connectivity index (χ1) is 13.0. The Bertz CT molecular complexity index is 162. The number of aliphatic hydroxyl groups excluding tert-OH is 2. The van der Waals surface area contributed by atoms with Crippen LogP contribution in [-0.2, 0) is 23.7 Å². The predicted molar refractivity (Wildman–Crippen MR) is 118 cm³/mol. The molecular formula is C23H52O3Ti. The Labute approximate surface area is 184 Å². The van der Waals surface area contributed by atoms with Crippen molar-refractivity contribution < 1.29 is 33.9 Å². The molecule has 0 spiro atoms. The Balaban J connectivity index is -0.000000110. The van der Waals surface area contributed by atoms with Gasteiger partial charge >= 0.3 is 23.7 Å².